The molecule has 1 saturated carbocycles. The van der Waals surface area contributed by atoms with Gasteiger partial charge in [-0.25, -0.2) is 0 Å². The van der Waals surface area contributed by atoms with Crippen molar-refractivity contribution >= 4 is 11.8 Å². The van der Waals surface area contributed by atoms with Gasteiger partial charge >= 0.3 is 0 Å². The van der Waals surface area contributed by atoms with E-state index >= 15 is 0 Å². The largest absolute Gasteiger partial charge is 0.353 e. The average Bonchev–Trinajstić information content (AvgIpc) is 2.48. The number of amides is 2. The fourth-order valence-electron chi connectivity index (χ4n) is 3.37. The van der Waals surface area contributed by atoms with Crippen molar-refractivity contribution in [2.75, 3.05) is 19.6 Å². The maximum absolute atomic E-state index is 12.3. The molecule has 0 bridgehead atoms. The lowest BCUT2D eigenvalue weighted by molar-refractivity contribution is -0.134. The predicted molar refractivity (Wildman–Crippen MR) is 82.8 cm³/mol. The van der Waals surface area contributed by atoms with Crippen LogP contribution in [0.3, 0.4) is 0 Å². The first-order valence-electron chi connectivity index (χ1n) is 8.38. The summed E-state index contributed by atoms with van der Waals surface area (Å²) in [6, 6.07) is 0.168. The van der Waals surface area contributed by atoms with Crippen LogP contribution in [0.5, 0.6) is 0 Å². The van der Waals surface area contributed by atoms with E-state index in [2.05, 4.69) is 17.6 Å². The Kier molecular flexibility index (Phi) is 6.03. The van der Waals surface area contributed by atoms with Crippen LogP contribution in [-0.2, 0) is 9.59 Å². The molecule has 5 heteroatoms. The van der Waals surface area contributed by atoms with Gasteiger partial charge in [0.25, 0.3) is 0 Å². The molecule has 120 valence electrons. The molecule has 2 N–H and O–H groups in total. The lowest BCUT2D eigenvalue weighted by Crippen LogP contribution is -2.53. The van der Waals surface area contributed by atoms with Gasteiger partial charge in [-0.1, -0.05) is 19.3 Å². The van der Waals surface area contributed by atoms with Crippen LogP contribution in [0.2, 0.25) is 0 Å². The molecule has 2 aliphatic rings. The number of nitrogens with zero attached hydrogens (tertiary/aromatic N) is 1. The van der Waals surface area contributed by atoms with Gasteiger partial charge in [0.1, 0.15) is 0 Å². The Balaban J connectivity index is 1.76. The monoisotopic (exact) mass is 295 g/mol. The van der Waals surface area contributed by atoms with Gasteiger partial charge in [0, 0.05) is 44.1 Å². The molecule has 0 aromatic heterocycles. The smallest absolute Gasteiger partial charge is 0.224 e. The summed E-state index contributed by atoms with van der Waals surface area (Å²) in [5.41, 5.74) is 0. The molecule has 21 heavy (non-hydrogen) atoms. The zero-order chi connectivity index (χ0) is 15.2. The Morgan fingerprint density at radius 3 is 2.67 bits per heavy atom. The van der Waals surface area contributed by atoms with E-state index in [1.165, 1.54) is 6.42 Å². The van der Waals surface area contributed by atoms with Crippen LogP contribution in [0.1, 0.15) is 52.4 Å². The van der Waals surface area contributed by atoms with Gasteiger partial charge in [-0.05, 0) is 26.7 Å². The van der Waals surface area contributed by atoms with E-state index in [9.17, 15) is 9.59 Å². The molecule has 2 fully saturated rings. The predicted octanol–water partition coefficient (Wildman–Crippen LogP) is 1.28. The van der Waals surface area contributed by atoms with Gasteiger partial charge in [0.2, 0.25) is 11.8 Å². The number of piperazine rings is 1. The quantitative estimate of drug-likeness (QED) is 0.821. The van der Waals surface area contributed by atoms with Crippen LogP contribution in [0.15, 0.2) is 0 Å². The minimum Gasteiger partial charge on any atom is -0.353 e. The molecular formula is C16H29N3O2. The number of nitrogens with one attached hydrogen (secondary N) is 2. The second kappa shape index (κ2) is 7.78. The van der Waals surface area contributed by atoms with Crippen LogP contribution in [0, 0.1) is 5.92 Å². The minimum absolute atomic E-state index is 0.0750. The Morgan fingerprint density at radius 1 is 1.29 bits per heavy atom. The average molecular weight is 295 g/mol. The summed E-state index contributed by atoms with van der Waals surface area (Å²) in [7, 11) is 0. The first kappa shape index (κ1) is 16.3. The third-order valence-corrected chi connectivity index (χ3v) is 4.67. The number of hydrogen-bond acceptors (Lipinski definition) is 3. The van der Waals surface area contributed by atoms with Gasteiger partial charge < -0.3 is 15.5 Å². The Labute approximate surface area is 127 Å². The highest BCUT2D eigenvalue weighted by Crippen LogP contribution is 2.23. The number of hydrogen-bond donors (Lipinski definition) is 2. The van der Waals surface area contributed by atoms with E-state index in [1.54, 1.807) is 0 Å². The molecule has 0 aromatic carbocycles. The molecule has 2 atom stereocenters. The number of carbonyl (C=O) groups is 2. The molecule has 0 radical (unpaired) electrons. The topological polar surface area (TPSA) is 61.4 Å². The van der Waals surface area contributed by atoms with Crippen molar-refractivity contribution < 1.29 is 9.59 Å². The Hall–Kier alpha value is -1.10. The van der Waals surface area contributed by atoms with Gasteiger partial charge in [-0.15, -0.1) is 0 Å². The maximum Gasteiger partial charge on any atom is 0.224 e. The molecular weight excluding hydrogens is 266 g/mol. The van der Waals surface area contributed by atoms with E-state index in [0.29, 0.717) is 6.42 Å². The Morgan fingerprint density at radius 2 is 2.00 bits per heavy atom. The first-order chi connectivity index (χ1) is 10.1. The standard InChI is InChI=1S/C16H29N3O2/c1-12(18-16(21)14-6-4-3-5-7-14)10-15(20)19-9-8-17-11-13(19)2/h12-14,17H,3-11H2,1-2H3,(H,18,21)/t12?,13-/m0/s1. The van der Waals surface area contributed by atoms with Crippen molar-refractivity contribution in [1.82, 2.24) is 15.5 Å². The zero-order valence-corrected chi connectivity index (χ0v) is 13.4. The summed E-state index contributed by atoms with van der Waals surface area (Å²) < 4.78 is 0. The molecule has 2 rings (SSSR count). The van der Waals surface area contributed by atoms with E-state index < -0.39 is 0 Å². The van der Waals surface area contributed by atoms with Crippen LogP contribution >= 0.6 is 0 Å². The third-order valence-electron chi connectivity index (χ3n) is 4.67. The SMILES string of the molecule is CC(CC(=O)N1CCNC[C@@H]1C)NC(=O)C1CCCCC1. The van der Waals surface area contributed by atoms with Crippen LogP contribution < -0.4 is 10.6 Å². The molecule has 0 spiro atoms. The molecule has 1 heterocycles. The third kappa shape index (κ3) is 4.70. The van der Waals surface area contributed by atoms with Crippen molar-refractivity contribution in [2.24, 2.45) is 5.92 Å². The lowest BCUT2D eigenvalue weighted by Gasteiger charge is -2.34. The highest BCUT2D eigenvalue weighted by Gasteiger charge is 2.26. The number of rotatable bonds is 4. The summed E-state index contributed by atoms with van der Waals surface area (Å²) in [5, 5.41) is 6.32. The van der Waals surface area contributed by atoms with Crippen molar-refractivity contribution in [3.63, 3.8) is 0 Å². The van der Waals surface area contributed by atoms with Gasteiger partial charge in [-0.2, -0.15) is 0 Å². The van der Waals surface area contributed by atoms with Gasteiger partial charge in [0.15, 0.2) is 0 Å². The van der Waals surface area contributed by atoms with Crippen molar-refractivity contribution in [3.8, 4) is 0 Å². The molecule has 5 nitrogen and oxygen atoms in total. The summed E-state index contributed by atoms with van der Waals surface area (Å²) in [6.45, 7) is 6.48. The van der Waals surface area contributed by atoms with Gasteiger partial charge in [-0.3, -0.25) is 9.59 Å². The van der Waals surface area contributed by atoms with Crippen molar-refractivity contribution in [2.45, 2.75) is 64.5 Å². The van der Waals surface area contributed by atoms with Crippen molar-refractivity contribution in [1.29, 1.82) is 0 Å². The fraction of sp³-hybridized carbons (Fsp3) is 0.875. The van der Waals surface area contributed by atoms with Crippen LogP contribution in [0.25, 0.3) is 0 Å². The molecule has 1 saturated heterocycles. The summed E-state index contributed by atoms with van der Waals surface area (Å²) in [4.78, 5) is 26.4. The molecule has 0 aromatic rings. The Bertz CT molecular complexity index is 367. The maximum atomic E-state index is 12.3. The normalized spacial score (nSPS) is 25.4. The summed E-state index contributed by atoms with van der Waals surface area (Å²) in [6.07, 6.45) is 5.97. The minimum atomic E-state index is -0.0750. The van der Waals surface area contributed by atoms with E-state index in [4.69, 9.17) is 0 Å². The lowest BCUT2D eigenvalue weighted by atomic mass is 9.88. The second-order valence-electron chi connectivity index (χ2n) is 6.59. The second-order valence-corrected chi connectivity index (χ2v) is 6.59. The molecule has 1 aliphatic heterocycles. The van der Waals surface area contributed by atoms with E-state index in [1.807, 2.05) is 11.8 Å². The van der Waals surface area contributed by atoms with Gasteiger partial charge in [0.05, 0.1) is 0 Å². The summed E-state index contributed by atoms with van der Waals surface area (Å²) in [5.74, 6) is 0.457. The molecule has 2 amide bonds. The molecule has 1 aliphatic carbocycles. The number of carbonyl (C=O) groups excluding carboxylic acids is 2. The highest BCUT2D eigenvalue weighted by atomic mass is 16.2. The first-order valence-corrected chi connectivity index (χ1v) is 8.38. The highest BCUT2D eigenvalue weighted by molar-refractivity contribution is 5.81. The summed E-state index contributed by atoms with van der Waals surface area (Å²) >= 11 is 0. The van der Waals surface area contributed by atoms with E-state index in [-0.39, 0.29) is 29.8 Å². The van der Waals surface area contributed by atoms with Crippen LogP contribution in [0.4, 0.5) is 0 Å². The van der Waals surface area contributed by atoms with Crippen LogP contribution in [-0.4, -0.2) is 48.4 Å². The zero-order valence-electron chi connectivity index (χ0n) is 13.4. The fourth-order valence-corrected chi connectivity index (χ4v) is 3.37. The van der Waals surface area contributed by atoms with E-state index in [0.717, 1.165) is 45.3 Å². The van der Waals surface area contributed by atoms with Crippen molar-refractivity contribution in [3.05, 3.63) is 0 Å². The molecule has 1 unspecified atom stereocenters.